The average Bonchev–Trinajstić information content (AvgIpc) is 2.91. The van der Waals surface area contributed by atoms with Gasteiger partial charge >= 0.3 is 29.5 Å². The molecule has 0 spiro atoms. The van der Waals surface area contributed by atoms with Gasteiger partial charge in [0.2, 0.25) is 5.78 Å². The van der Waals surface area contributed by atoms with E-state index in [4.69, 9.17) is 34.3 Å². The molecule has 1 aromatic heterocycles. The van der Waals surface area contributed by atoms with E-state index < -0.39 is 61.5 Å². The molecule has 228 valence electrons. The van der Waals surface area contributed by atoms with E-state index in [9.17, 15) is 28.8 Å². The topological polar surface area (TPSA) is 221 Å². The third kappa shape index (κ3) is 9.94. The van der Waals surface area contributed by atoms with Gasteiger partial charge in [0, 0.05) is 24.0 Å². The molecule has 0 aliphatic carbocycles. The summed E-state index contributed by atoms with van der Waals surface area (Å²) in [4.78, 5) is 72.4. The van der Waals surface area contributed by atoms with E-state index in [1.165, 1.54) is 24.3 Å². The van der Waals surface area contributed by atoms with E-state index in [-0.39, 0.29) is 48.9 Å². The summed E-state index contributed by atoms with van der Waals surface area (Å²) in [5.41, 5.74) is -0.799. The fraction of sp³-hybridized carbons (Fsp3) is 0.286. The predicted octanol–water partition coefficient (Wildman–Crippen LogP) is 0.724. The van der Waals surface area contributed by atoms with Crippen LogP contribution in [0.25, 0.3) is 11.0 Å². The molecule has 0 fully saturated rings. The van der Waals surface area contributed by atoms with Gasteiger partial charge in [-0.1, -0.05) is 18.2 Å². The summed E-state index contributed by atoms with van der Waals surface area (Å²) < 4.78 is 16.7. The van der Waals surface area contributed by atoms with Crippen LogP contribution in [-0.4, -0.2) is 112 Å². The average molecular weight is 601 g/mol. The number of carboxylic acids is 4. The van der Waals surface area contributed by atoms with E-state index in [1.807, 2.05) is 0 Å². The van der Waals surface area contributed by atoms with Crippen molar-refractivity contribution in [1.29, 1.82) is 0 Å². The van der Waals surface area contributed by atoms with Crippen molar-refractivity contribution >= 4 is 40.6 Å². The molecule has 0 atom stereocenters. The number of hydrogen-bond acceptors (Lipinski definition) is 11. The fourth-order valence-corrected chi connectivity index (χ4v) is 4.02. The molecule has 15 heteroatoms. The molecule has 43 heavy (non-hydrogen) atoms. The van der Waals surface area contributed by atoms with E-state index in [1.54, 1.807) is 24.3 Å². The number of ketones is 1. The SMILES string of the molecule is O=C(O)CN(CCOc1ccc(C(=O)c2cc3ccccc3oc2=O)cc1OCCN(CC(=O)O)CC(=O)O)CC(=O)O. The van der Waals surface area contributed by atoms with Crippen molar-refractivity contribution in [3.8, 4) is 11.5 Å². The van der Waals surface area contributed by atoms with Crippen molar-refractivity contribution in [2.75, 3.05) is 52.5 Å². The van der Waals surface area contributed by atoms with Gasteiger partial charge in [-0.2, -0.15) is 0 Å². The van der Waals surface area contributed by atoms with Crippen molar-refractivity contribution in [3.05, 3.63) is 70.1 Å². The molecule has 0 radical (unpaired) electrons. The van der Waals surface area contributed by atoms with Crippen molar-refractivity contribution in [2.24, 2.45) is 0 Å². The van der Waals surface area contributed by atoms with Gasteiger partial charge in [0.15, 0.2) is 11.5 Å². The van der Waals surface area contributed by atoms with Gasteiger partial charge in [0.1, 0.15) is 24.4 Å². The molecule has 15 nitrogen and oxygen atoms in total. The Morgan fingerprint density at radius 3 is 1.72 bits per heavy atom. The molecule has 1 heterocycles. The second-order valence-corrected chi connectivity index (χ2v) is 9.17. The maximum Gasteiger partial charge on any atom is 0.347 e. The Balaban J connectivity index is 1.85. The van der Waals surface area contributed by atoms with Crippen molar-refractivity contribution in [3.63, 3.8) is 0 Å². The predicted molar refractivity (Wildman–Crippen MR) is 147 cm³/mol. The molecule has 0 amide bonds. The first-order valence-electron chi connectivity index (χ1n) is 12.7. The zero-order valence-electron chi connectivity index (χ0n) is 22.6. The minimum absolute atomic E-state index is 0.0104. The number of fused-ring (bicyclic) bond motifs is 1. The highest BCUT2D eigenvalue weighted by molar-refractivity contribution is 6.10. The standard InChI is InChI=1S/C28H28N2O13/c31-23(32)13-29(14-24(33)34)7-9-41-21-6-5-18(12-22(21)42-10-8-30(15-25(35)36)16-26(37)38)27(39)19-11-17-3-1-2-4-20(17)43-28(19)40/h1-6,11-12H,7-10,13-16H2,(H,31,32)(H,33,34)(H,35,36)(H,37,38). The number of benzene rings is 2. The maximum atomic E-state index is 13.3. The van der Waals surface area contributed by atoms with Crippen LogP contribution in [0.4, 0.5) is 0 Å². The quantitative estimate of drug-likeness (QED) is 0.117. The van der Waals surface area contributed by atoms with E-state index >= 15 is 0 Å². The summed E-state index contributed by atoms with van der Waals surface area (Å²) in [5.74, 6) is -5.63. The number of ether oxygens (including phenoxy) is 2. The highest BCUT2D eigenvalue weighted by Gasteiger charge is 2.20. The molecular formula is C28H28N2O13. The molecule has 3 rings (SSSR count). The minimum Gasteiger partial charge on any atom is -0.488 e. The third-order valence-corrected chi connectivity index (χ3v) is 5.86. The van der Waals surface area contributed by atoms with Gasteiger partial charge in [-0.05, 0) is 30.3 Å². The lowest BCUT2D eigenvalue weighted by Crippen LogP contribution is -2.37. The van der Waals surface area contributed by atoms with Gasteiger partial charge in [-0.25, -0.2) is 4.79 Å². The molecule has 0 aliphatic rings. The summed E-state index contributed by atoms with van der Waals surface area (Å²) in [6.07, 6.45) is 0. The number of carbonyl (C=O) groups is 5. The molecular weight excluding hydrogens is 572 g/mol. The number of carbonyl (C=O) groups excluding carboxylic acids is 1. The molecule has 0 bridgehead atoms. The Hall–Kier alpha value is -5.28. The summed E-state index contributed by atoms with van der Waals surface area (Å²) in [6.45, 7) is -2.87. The van der Waals surface area contributed by atoms with Crippen LogP contribution in [0.5, 0.6) is 11.5 Å². The van der Waals surface area contributed by atoms with E-state index in [2.05, 4.69) is 0 Å². The molecule has 0 saturated carbocycles. The minimum atomic E-state index is -1.25. The Morgan fingerprint density at radius 1 is 0.674 bits per heavy atom. The van der Waals surface area contributed by atoms with Crippen LogP contribution in [0.3, 0.4) is 0 Å². The second kappa shape index (κ2) is 15.1. The van der Waals surface area contributed by atoms with Crippen molar-refractivity contribution in [2.45, 2.75) is 0 Å². The number of rotatable bonds is 18. The van der Waals surface area contributed by atoms with Crippen LogP contribution in [0, 0.1) is 0 Å². The smallest absolute Gasteiger partial charge is 0.347 e. The molecule has 4 N–H and O–H groups in total. The van der Waals surface area contributed by atoms with Gasteiger partial charge < -0.3 is 34.3 Å². The molecule has 0 aliphatic heterocycles. The van der Waals surface area contributed by atoms with E-state index in [0.29, 0.717) is 11.0 Å². The monoisotopic (exact) mass is 600 g/mol. The summed E-state index contributed by atoms with van der Waals surface area (Å²) in [6, 6.07) is 12.0. The number of para-hydroxylation sites is 1. The Bertz CT molecular complexity index is 1530. The van der Waals surface area contributed by atoms with Gasteiger partial charge in [-0.15, -0.1) is 0 Å². The Morgan fingerprint density at radius 2 is 1.19 bits per heavy atom. The summed E-state index contributed by atoms with van der Waals surface area (Å²) >= 11 is 0. The van der Waals surface area contributed by atoms with Gasteiger partial charge in [0.25, 0.3) is 0 Å². The molecule has 0 unspecified atom stereocenters. The lowest BCUT2D eigenvalue weighted by Gasteiger charge is -2.20. The van der Waals surface area contributed by atoms with Crippen LogP contribution in [0.2, 0.25) is 0 Å². The zero-order chi connectivity index (χ0) is 31.5. The first-order valence-corrected chi connectivity index (χ1v) is 12.7. The number of carboxylic acid groups (broad SMARTS) is 4. The van der Waals surface area contributed by atoms with Gasteiger partial charge in [0.05, 0.1) is 26.2 Å². The third-order valence-electron chi connectivity index (χ3n) is 5.86. The second-order valence-electron chi connectivity index (χ2n) is 9.17. The molecule has 0 saturated heterocycles. The lowest BCUT2D eigenvalue weighted by molar-refractivity contribution is -0.143. The highest BCUT2D eigenvalue weighted by Crippen LogP contribution is 2.29. The first kappa shape index (κ1) is 32.2. The van der Waals surface area contributed by atoms with Crippen molar-refractivity contribution < 1.29 is 58.3 Å². The Labute approximate surface area is 243 Å². The number of nitrogens with zero attached hydrogens (tertiary/aromatic N) is 2. The zero-order valence-corrected chi connectivity index (χ0v) is 22.6. The van der Waals surface area contributed by atoms with Crippen LogP contribution in [0.1, 0.15) is 15.9 Å². The van der Waals surface area contributed by atoms with Crippen LogP contribution in [0.15, 0.2) is 57.7 Å². The van der Waals surface area contributed by atoms with Crippen molar-refractivity contribution in [1.82, 2.24) is 9.80 Å². The van der Waals surface area contributed by atoms with Crippen LogP contribution < -0.4 is 15.1 Å². The fourth-order valence-electron chi connectivity index (χ4n) is 4.02. The van der Waals surface area contributed by atoms with Crippen LogP contribution in [-0.2, 0) is 19.2 Å². The van der Waals surface area contributed by atoms with E-state index in [0.717, 1.165) is 9.80 Å². The first-order chi connectivity index (χ1) is 20.4. The normalized spacial score (nSPS) is 11.0. The number of aliphatic carboxylic acids is 4. The molecule has 2 aromatic carbocycles. The summed E-state index contributed by atoms with van der Waals surface area (Å²) in [7, 11) is 0. The lowest BCUT2D eigenvalue weighted by atomic mass is 10.0. The maximum absolute atomic E-state index is 13.3. The highest BCUT2D eigenvalue weighted by atomic mass is 16.5. The largest absolute Gasteiger partial charge is 0.488 e. The summed E-state index contributed by atoms with van der Waals surface area (Å²) in [5, 5.41) is 36.7. The van der Waals surface area contributed by atoms with Crippen LogP contribution >= 0.6 is 0 Å². The molecule has 3 aromatic rings. The number of hydrogen-bond donors (Lipinski definition) is 4. The van der Waals surface area contributed by atoms with Gasteiger partial charge in [-0.3, -0.25) is 33.8 Å². The Kier molecular flexibility index (Phi) is 11.3.